The topological polar surface area (TPSA) is 88.5 Å². The highest BCUT2D eigenvalue weighted by Crippen LogP contribution is 2.21. The summed E-state index contributed by atoms with van der Waals surface area (Å²) in [4.78, 5) is 4.32. The lowest BCUT2D eigenvalue weighted by Crippen LogP contribution is -2.38. The molecule has 0 spiro atoms. The highest BCUT2D eigenvalue weighted by molar-refractivity contribution is 7.89. The monoisotopic (exact) mass is 310 g/mol. The Morgan fingerprint density at radius 1 is 1.33 bits per heavy atom. The lowest BCUT2D eigenvalue weighted by atomic mass is 10.2. The molecule has 2 aromatic rings. The minimum absolute atomic E-state index is 0.117. The van der Waals surface area contributed by atoms with E-state index in [-0.39, 0.29) is 24.5 Å². The zero-order valence-corrected chi connectivity index (χ0v) is 12.5. The first kappa shape index (κ1) is 15.8. The van der Waals surface area contributed by atoms with Gasteiger partial charge in [-0.25, -0.2) is 13.1 Å². The Labute approximate surface area is 123 Å². The molecule has 1 aromatic heterocycles. The van der Waals surface area contributed by atoms with Crippen molar-refractivity contribution in [3.05, 3.63) is 36.5 Å². The van der Waals surface area contributed by atoms with Crippen molar-refractivity contribution in [2.75, 3.05) is 20.3 Å². The van der Waals surface area contributed by atoms with Crippen molar-refractivity contribution in [1.82, 2.24) is 9.71 Å². The van der Waals surface area contributed by atoms with Gasteiger partial charge in [-0.05, 0) is 30.7 Å². The van der Waals surface area contributed by atoms with Gasteiger partial charge in [-0.3, -0.25) is 4.98 Å². The van der Waals surface area contributed by atoms with Crippen LogP contribution in [0.3, 0.4) is 0 Å². The number of aliphatic hydroxyl groups excluding tert-OH is 1. The van der Waals surface area contributed by atoms with Crippen molar-refractivity contribution in [3.8, 4) is 0 Å². The third-order valence-corrected chi connectivity index (χ3v) is 4.64. The summed E-state index contributed by atoms with van der Waals surface area (Å²) in [5, 5.41) is 9.56. The number of aromatic nitrogens is 1. The summed E-state index contributed by atoms with van der Waals surface area (Å²) in [5.74, 6) is 0. The second-order valence-electron chi connectivity index (χ2n) is 4.61. The standard InChI is InChI=1S/C14H18N2O4S/c1-20-10-11(7-9-17)16-21(18,19)14-6-2-5-13-12(14)4-3-8-15-13/h2-6,8,11,16-17H,7,9-10H2,1H3. The Morgan fingerprint density at radius 3 is 2.86 bits per heavy atom. The molecule has 2 N–H and O–H groups in total. The van der Waals surface area contributed by atoms with Crippen molar-refractivity contribution in [3.63, 3.8) is 0 Å². The first-order chi connectivity index (χ1) is 10.1. The molecule has 1 unspecified atom stereocenters. The molecule has 0 bridgehead atoms. The molecule has 1 aromatic carbocycles. The molecule has 1 heterocycles. The number of fused-ring (bicyclic) bond motifs is 1. The van der Waals surface area contributed by atoms with Gasteiger partial charge in [-0.2, -0.15) is 0 Å². The zero-order chi connectivity index (χ0) is 15.3. The van der Waals surface area contributed by atoms with Gasteiger partial charge >= 0.3 is 0 Å². The summed E-state index contributed by atoms with van der Waals surface area (Å²) in [6.07, 6.45) is 1.90. The minimum atomic E-state index is -3.71. The molecule has 0 aliphatic carbocycles. The number of methoxy groups -OCH3 is 1. The van der Waals surface area contributed by atoms with Crippen molar-refractivity contribution in [2.24, 2.45) is 0 Å². The first-order valence-electron chi connectivity index (χ1n) is 6.54. The van der Waals surface area contributed by atoms with E-state index in [2.05, 4.69) is 9.71 Å². The fourth-order valence-corrected chi connectivity index (χ4v) is 3.60. The fraction of sp³-hybridized carbons (Fsp3) is 0.357. The first-order valence-corrected chi connectivity index (χ1v) is 8.02. The fourth-order valence-electron chi connectivity index (χ4n) is 2.13. The van der Waals surface area contributed by atoms with E-state index in [9.17, 15) is 8.42 Å². The average molecular weight is 310 g/mol. The van der Waals surface area contributed by atoms with Crippen molar-refractivity contribution < 1.29 is 18.3 Å². The van der Waals surface area contributed by atoms with Crippen LogP contribution in [0.1, 0.15) is 6.42 Å². The van der Waals surface area contributed by atoms with Crippen LogP contribution >= 0.6 is 0 Å². The number of aliphatic hydroxyl groups is 1. The van der Waals surface area contributed by atoms with E-state index in [1.54, 1.807) is 30.5 Å². The summed E-state index contributed by atoms with van der Waals surface area (Å²) >= 11 is 0. The third-order valence-electron chi connectivity index (χ3n) is 3.06. The molecule has 2 rings (SSSR count). The Hall–Kier alpha value is -1.54. The SMILES string of the molecule is COCC(CCO)NS(=O)(=O)c1cccc2ncccc12. The molecular formula is C14H18N2O4S. The van der Waals surface area contributed by atoms with Crippen LogP contribution in [0.25, 0.3) is 10.9 Å². The largest absolute Gasteiger partial charge is 0.396 e. The number of sulfonamides is 1. The van der Waals surface area contributed by atoms with E-state index < -0.39 is 16.1 Å². The highest BCUT2D eigenvalue weighted by Gasteiger charge is 2.21. The van der Waals surface area contributed by atoms with E-state index >= 15 is 0 Å². The Bertz CT molecular complexity index is 692. The number of pyridine rings is 1. The molecule has 0 amide bonds. The summed E-state index contributed by atoms with van der Waals surface area (Å²) in [6.45, 7) is 0.0798. The zero-order valence-electron chi connectivity index (χ0n) is 11.7. The quantitative estimate of drug-likeness (QED) is 0.793. The van der Waals surface area contributed by atoms with Crippen LogP contribution in [0.2, 0.25) is 0 Å². The van der Waals surface area contributed by atoms with E-state index in [0.29, 0.717) is 10.9 Å². The molecule has 0 saturated heterocycles. The maximum atomic E-state index is 12.5. The van der Waals surface area contributed by atoms with Gasteiger partial charge in [-0.15, -0.1) is 0 Å². The molecule has 0 aliphatic rings. The van der Waals surface area contributed by atoms with Crippen LogP contribution in [0.5, 0.6) is 0 Å². The van der Waals surface area contributed by atoms with E-state index in [0.717, 1.165) is 0 Å². The van der Waals surface area contributed by atoms with Crippen molar-refractivity contribution in [2.45, 2.75) is 17.4 Å². The predicted molar refractivity (Wildman–Crippen MR) is 79.4 cm³/mol. The Balaban J connectivity index is 2.37. The van der Waals surface area contributed by atoms with Crippen LogP contribution in [-0.2, 0) is 14.8 Å². The second-order valence-corrected chi connectivity index (χ2v) is 6.29. The average Bonchev–Trinajstić information content (AvgIpc) is 2.47. The van der Waals surface area contributed by atoms with Gasteiger partial charge in [0.2, 0.25) is 10.0 Å². The molecule has 21 heavy (non-hydrogen) atoms. The summed E-state index contributed by atoms with van der Waals surface area (Å²) in [6, 6.07) is 7.89. The molecule has 114 valence electrons. The number of ether oxygens (including phenoxy) is 1. The Morgan fingerprint density at radius 2 is 2.14 bits per heavy atom. The Kier molecular flexibility index (Phi) is 5.24. The predicted octanol–water partition coefficient (Wildman–Crippen LogP) is 0.910. The summed E-state index contributed by atoms with van der Waals surface area (Å²) < 4.78 is 32.6. The lowest BCUT2D eigenvalue weighted by molar-refractivity contribution is 0.158. The number of benzene rings is 1. The molecule has 0 fully saturated rings. The van der Waals surface area contributed by atoms with Gasteiger partial charge in [0.15, 0.2) is 0 Å². The molecule has 0 radical (unpaired) electrons. The maximum absolute atomic E-state index is 12.5. The number of hydrogen-bond donors (Lipinski definition) is 2. The molecular weight excluding hydrogens is 292 g/mol. The summed E-state index contributed by atoms with van der Waals surface area (Å²) in [7, 11) is -2.22. The number of rotatable bonds is 7. The van der Waals surface area contributed by atoms with Gasteiger partial charge in [0.25, 0.3) is 0 Å². The molecule has 0 saturated carbocycles. The molecule has 0 aliphatic heterocycles. The highest BCUT2D eigenvalue weighted by atomic mass is 32.2. The van der Waals surface area contributed by atoms with Gasteiger partial charge < -0.3 is 9.84 Å². The van der Waals surface area contributed by atoms with Crippen LogP contribution in [-0.4, -0.2) is 44.9 Å². The number of nitrogens with zero attached hydrogens (tertiary/aromatic N) is 1. The smallest absolute Gasteiger partial charge is 0.241 e. The second kappa shape index (κ2) is 6.95. The van der Waals surface area contributed by atoms with E-state index in [1.165, 1.54) is 13.2 Å². The van der Waals surface area contributed by atoms with Gasteiger partial charge in [0, 0.05) is 31.3 Å². The molecule has 1 atom stereocenters. The third kappa shape index (κ3) is 3.76. The summed E-state index contributed by atoms with van der Waals surface area (Å²) in [5.41, 5.74) is 0.617. The minimum Gasteiger partial charge on any atom is -0.396 e. The number of hydrogen-bond acceptors (Lipinski definition) is 5. The van der Waals surface area contributed by atoms with Crippen LogP contribution in [0, 0.1) is 0 Å². The van der Waals surface area contributed by atoms with Crippen LogP contribution in [0.15, 0.2) is 41.4 Å². The normalized spacial score (nSPS) is 13.4. The van der Waals surface area contributed by atoms with Crippen molar-refractivity contribution >= 4 is 20.9 Å². The van der Waals surface area contributed by atoms with Crippen LogP contribution in [0.4, 0.5) is 0 Å². The van der Waals surface area contributed by atoms with Gasteiger partial charge in [-0.1, -0.05) is 6.07 Å². The van der Waals surface area contributed by atoms with Gasteiger partial charge in [0.05, 0.1) is 17.0 Å². The number of nitrogens with one attached hydrogen (secondary N) is 1. The van der Waals surface area contributed by atoms with E-state index in [4.69, 9.17) is 9.84 Å². The van der Waals surface area contributed by atoms with Crippen molar-refractivity contribution in [1.29, 1.82) is 0 Å². The molecule has 6 nitrogen and oxygen atoms in total. The van der Waals surface area contributed by atoms with Gasteiger partial charge in [0.1, 0.15) is 0 Å². The van der Waals surface area contributed by atoms with Crippen LogP contribution < -0.4 is 4.72 Å². The maximum Gasteiger partial charge on any atom is 0.241 e. The lowest BCUT2D eigenvalue weighted by Gasteiger charge is -2.17. The van der Waals surface area contributed by atoms with E-state index in [1.807, 2.05) is 0 Å². The molecule has 7 heteroatoms.